The number of nitrogens with one attached hydrogen (secondary N) is 1. The Morgan fingerprint density at radius 1 is 1.21 bits per heavy atom. The Bertz CT molecular complexity index is 421. The van der Waals surface area contributed by atoms with Gasteiger partial charge in [0.25, 0.3) is 0 Å². The summed E-state index contributed by atoms with van der Waals surface area (Å²) in [5.41, 5.74) is 2.78. The molecule has 2 nitrogen and oxygen atoms in total. The maximum absolute atomic E-state index is 8.94. The van der Waals surface area contributed by atoms with E-state index < -0.39 is 0 Å². The van der Waals surface area contributed by atoms with Crippen LogP contribution >= 0.6 is 0 Å². The fourth-order valence-electron chi connectivity index (χ4n) is 1.47. The monoisotopic (exact) mass is 182 g/mol. The predicted molar refractivity (Wildman–Crippen MR) is 55.9 cm³/mol. The molecule has 2 heteroatoms. The highest BCUT2D eigenvalue weighted by Crippen LogP contribution is 2.20. The number of rotatable bonds is 1. The minimum Gasteiger partial charge on any atom is -0.361 e. The molecule has 1 aliphatic rings. The molecule has 68 valence electrons. The highest BCUT2D eigenvalue weighted by atomic mass is 14.9. The van der Waals surface area contributed by atoms with E-state index in [1.54, 1.807) is 0 Å². The summed E-state index contributed by atoms with van der Waals surface area (Å²) in [5, 5.41) is 12.1. The normalized spacial score (nSPS) is 14.8. The topological polar surface area (TPSA) is 35.8 Å². The van der Waals surface area contributed by atoms with Crippen LogP contribution < -0.4 is 5.32 Å². The molecular weight excluding hydrogens is 172 g/mol. The summed E-state index contributed by atoms with van der Waals surface area (Å²) in [5.74, 6) is 0. The molecule has 1 aromatic rings. The van der Waals surface area contributed by atoms with Crippen molar-refractivity contribution in [1.29, 1.82) is 5.26 Å². The third-order valence-corrected chi connectivity index (χ3v) is 2.17. The molecule has 0 aliphatic carbocycles. The Morgan fingerprint density at radius 3 is 2.71 bits per heavy atom. The van der Waals surface area contributed by atoms with Gasteiger partial charge in [0.15, 0.2) is 0 Å². The Morgan fingerprint density at radius 2 is 2.00 bits per heavy atom. The van der Waals surface area contributed by atoms with Crippen LogP contribution in [0.2, 0.25) is 0 Å². The van der Waals surface area contributed by atoms with Crippen LogP contribution in [0.5, 0.6) is 0 Å². The second kappa shape index (κ2) is 3.80. The fraction of sp³-hybridized carbons (Fsp3) is 0.0833. The zero-order valence-electron chi connectivity index (χ0n) is 7.70. The van der Waals surface area contributed by atoms with E-state index in [4.69, 9.17) is 5.26 Å². The molecule has 14 heavy (non-hydrogen) atoms. The average molecular weight is 182 g/mol. The summed E-state index contributed by atoms with van der Waals surface area (Å²) in [6.07, 6.45) is 4.54. The van der Waals surface area contributed by atoms with Crippen molar-refractivity contribution in [3.05, 3.63) is 53.7 Å². The van der Waals surface area contributed by atoms with Crippen LogP contribution in [0, 0.1) is 11.3 Å². The third kappa shape index (κ3) is 1.53. The van der Waals surface area contributed by atoms with Crippen LogP contribution in [0.1, 0.15) is 12.0 Å². The number of nitriles is 1. The van der Waals surface area contributed by atoms with Crippen molar-refractivity contribution in [2.24, 2.45) is 0 Å². The first kappa shape index (κ1) is 8.58. The highest BCUT2D eigenvalue weighted by Gasteiger charge is 2.09. The van der Waals surface area contributed by atoms with Gasteiger partial charge in [0.05, 0.1) is 17.3 Å². The number of benzene rings is 1. The zero-order chi connectivity index (χ0) is 9.80. The van der Waals surface area contributed by atoms with E-state index in [0.29, 0.717) is 6.42 Å². The lowest BCUT2D eigenvalue weighted by atomic mass is 10.0. The van der Waals surface area contributed by atoms with Gasteiger partial charge in [-0.25, -0.2) is 0 Å². The lowest BCUT2D eigenvalue weighted by Gasteiger charge is -2.13. The van der Waals surface area contributed by atoms with Crippen LogP contribution in [0.15, 0.2) is 48.2 Å². The van der Waals surface area contributed by atoms with Gasteiger partial charge >= 0.3 is 0 Å². The maximum Gasteiger partial charge on any atom is 0.0972 e. The van der Waals surface area contributed by atoms with E-state index in [0.717, 1.165) is 16.8 Å². The molecule has 0 aromatic heterocycles. The largest absolute Gasteiger partial charge is 0.361 e. The number of allylic oxidation sites excluding steroid dienone is 2. The van der Waals surface area contributed by atoms with Gasteiger partial charge in [-0.3, -0.25) is 0 Å². The summed E-state index contributed by atoms with van der Waals surface area (Å²) in [4.78, 5) is 0. The molecule has 1 N–H and O–H groups in total. The van der Waals surface area contributed by atoms with Crippen LogP contribution in [0.3, 0.4) is 0 Å². The second-order valence-corrected chi connectivity index (χ2v) is 3.08. The highest BCUT2D eigenvalue weighted by molar-refractivity contribution is 5.72. The van der Waals surface area contributed by atoms with Gasteiger partial charge in [-0.1, -0.05) is 36.4 Å². The minimum absolute atomic E-state index is 0.716. The van der Waals surface area contributed by atoms with Crippen molar-refractivity contribution in [3.63, 3.8) is 0 Å². The summed E-state index contributed by atoms with van der Waals surface area (Å²) in [6.45, 7) is 0. The third-order valence-electron chi connectivity index (χ3n) is 2.17. The van der Waals surface area contributed by atoms with Crippen molar-refractivity contribution in [2.75, 3.05) is 0 Å². The molecule has 0 saturated carbocycles. The number of dihydropyridines is 1. The van der Waals surface area contributed by atoms with E-state index in [2.05, 4.69) is 11.4 Å². The van der Waals surface area contributed by atoms with E-state index >= 15 is 0 Å². The molecule has 2 rings (SSSR count). The first-order valence-electron chi connectivity index (χ1n) is 4.52. The van der Waals surface area contributed by atoms with Gasteiger partial charge in [0, 0.05) is 6.42 Å². The molecule has 1 heterocycles. The Hall–Kier alpha value is -2.01. The van der Waals surface area contributed by atoms with Crippen LogP contribution in [0.25, 0.3) is 5.70 Å². The lowest BCUT2D eigenvalue weighted by molar-refractivity contribution is 1.10. The molecule has 0 radical (unpaired) electrons. The van der Waals surface area contributed by atoms with Gasteiger partial charge in [0.2, 0.25) is 0 Å². The van der Waals surface area contributed by atoms with E-state index in [9.17, 15) is 0 Å². The van der Waals surface area contributed by atoms with Crippen molar-refractivity contribution >= 4 is 5.70 Å². The van der Waals surface area contributed by atoms with Crippen LogP contribution in [-0.2, 0) is 0 Å². The van der Waals surface area contributed by atoms with E-state index in [1.165, 1.54) is 0 Å². The first-order valence-corrected chi connectivity index (χ1v) is 4.52. The lowest BCUT2D eigenvalue weighted by Crippen LogP contribution is -2.10. The average Bonchev–Trinajstić information content (AvgIpc) is 2.30. The van der Waals surface area contributed by atoms with Crippen molar-refractivity contribution < 1.29 is 0 Å². The van der Waals surface area contributed by atoms with Crippen molar-refractivity contribution in [2.45, 2.75) is 6.42 Å². The molecule has 0 spiro atoms. The van der Waals surface area contributed by atoms with Crippen molar-refractivity contribution in [1.82, 2.24) is 5.32 Å². The summed E-state index contributed by atoms with van der Waals surface area (Å²) in [7, 11) is 0. The molecule has 0 fully saturated rings. The fourth-order valence-corrected chi connectivity index (χ4v) is 1.47. The summed E-state index contributed by atoms with van der Waals surface area (Å²) in [6, 6.07) is 12.1. The molecule has 0 unspecified atom stereocenters. The molecule has 1 aliphatic heterocycles. The van der Waals surface area contributed by atoms with Gasteiger partial charge in [0.1, 0.15) is 0 Å². The Balaban J connectivity index is 2.43. The van der Waals surface area contributed by atoms with Gasteiger partial charge in [-0.05, 0) is 11.8 Å². The van der Waals surface area contributed by atoms with Gasteiger partial charge in [-0.15, -0.1) is 0 Å². The van der Waals surface area contributed by atoms with Crippen LogP contribution in [-0.4, -0.2) is 0 Å². The Kier molecular flexibility index (Phi) is 2.33. The smallest absolute Gasteiger partial charge is 0.0972 e. The molecule has 1 aromatic carbocycles. The van der Waals surface area contributed by atoms with Crippen LogP contribution in [0.4, 0.5) is 0 Å². The predicted octanol–water partition coefficient (Wildman–Crippen LogP) is 2.43. The van der Waals surface area contributed by atoms with Gasteiger partial charge in [-0.2, -0.15) is 5.26 Å². The SMILES string of the molecule is N#CC1=C(c2ccccc2)NC=CC1. The zero-order valence-corrected chi connectivity index (χ0v) is 7.70. The number of hydrogen-bond donors (Lipinski definition) is 1. The summed E-state index contributed by atoms with van der Waals surface area (Å²) < 4.78 is 0. The molecule has 0 bridgehead atoms. The second-order valence-electron chi connectivity index (χ2n) is 3.08. The quantitative estimate of drug-likeness (QED) is 0.724. The standard InChI is InChI=1S/C12H10N2/c13-9-11-7-4-8-14-12(11)10-5-2-1-3-6-10/h1-6,8,14H,7H2. The number of nitrogens with zero attached hydrogens (tertiary/aromatic N) is 1. The molecule has 0 atom stereocenters. The molecule has 0 saturated heterocycles. The maximum atomic E-state index is 8.94. The molecule has 0 amide bonds. The molecular formula is C12H10N2. The summed E-state index contributed by atoms with van der Waals surface area (Å²) >= 11 is 0. The van der Waals surface area contributed by atoms with E-state index in [1.807, 2.05) is 42.6 Å². The van der Waals surface area contributed by atoms with Gasteiger partial charge < -0.3 is 5.32 Å². The Labute approximate surface area is 83.2 Å². The van der Waals surface area contributed by atoms with Crippen molar-refractivity contribution in [3.8, 4) is 6.07 Å². The minimum atomic E-state index is 0.716. The first-order chi connectivity index (χ1) is 6.92. The van der Waals surface area contributed by atoms with E-state index in [-0.39, 0.29) is 0 Å². The number of hydrogen-bond acceptors (Lipinski definition) is 2.